The van der Waals surface area contributed by atoms with Crippen molar-refractivity contribution in [1.29, 1.82) is 0 Å². The molecule has 0 aromatic carbocycles. The Morgan fingerprint density at radius 2 is 2.00 bits per heavy atom. The van der Waals surface area contributed by atoms with Crippen molar-refractivity contribution >= 4 is 25.7 Å². The molecule has 4 N–H and O–H groups in total. The van der Waals surface area contributed by atoms with Gasteiger partial charge in [0.1, 0.15) is 15.7 Å². The molecule has 1 aliphatic rings. The van der Waals surface area contributed by atoms with E-state index >= 15 is 0 Å². The molecule has 1 fully saturated rings. The zero-order chi connectivity index (χ0) is 15.4. The number of rotatable bonds is 6. The summed E-state index contributed by atoms with van der Waals surface area (Å²) >= 11 is 0. The van der Waals surface area contributed by atoms with Gasteiger partial charge in [-0.05, 0) is 19.3 Å². The second-order valence-electron chi connectivity index (χ2n) is 4.91. The lowest BCUT2D eigenvalue weighted by Gasteiger charge is -2.25. The topological polar surface area (TPSA) is 139 Å². The zero-order valence-electron chi connectivity index (χ0n) is 11.3. The molecule has 1 saturated heterocycles. The molecule has 0 saturated carbocycles. The van der Waals surface area contributed by atoms with Crippen molar-refractivity contribution in [2.24, 2.45) is 10.9 Å². The average Bonchev–Trinajstić information content (AvgIpc) is 2.36. The van der Waals surface area contributed by atoms with E-state index in [1.807, 2.05) is 0 Å². The molecule has 118 valence electrons. The van der Waals surface area contributed by atoms with E-state index < -0.39 is 31.2 Å². The second kappa shape index (κ2) is 6.72. The third-order valence-corrected chi connectivity index (χ3v) is 7.07. The van der Waals surface area contributed by atoms with Crippen LogP contribution in [0.4, 0.5) is 0 Å². The van der Waals surface area contributed by atoms with Crippen LogP contribution in [-0.2, 0) is 19.9 Å². The number of sulfonamides is 1. The summed E-state index contributed by atoms with van der Waals surface area (Å²) in [4.78, 5) is 0. The Bertz CT molecular complexity index is 541. The summed E-state index contributed by atoms with van der Waals surface area (Å²) in [7, 11) is -6.70. The molecule has 1 atom stereocenters. The van der Waals surface area contributed by atoms with Crippen molar-refractivity contribution in [3.8, 4) is 0 Å². The van der Waals surface area contributed by atoms with E-state index in [-0.39, 0.29) is 36.6 Å². The van der Waals surface area contributed by atoms with Crippen molar-refractivity contribution in [2.75, 3.05) is 11.5 Å². The number of nitrogens with zero attached hydrogens (tertiary/aromatic N) is 1. The van der Waals surface area contributed by atoms with E-state index in [1.54, 1.807) is 6.92 Å². The summed E-state index contributed by atoms with van der Waals surface area (Å²) < 4.78 is 49.5. The summed E-state index contributed by atoms with van der Waals surface area (Å²) in [5.74, 6) is -0.253. The third-order valence-electron chi connectivity index (χ3n) is 3.35. The van der Waals surface area contributed by atoms with E-state index in [0.717, 1.165) is 0 Å². The number of nitrogens with two attached hydrogens (primary N) is 1. The Labute approximate surface area is 119 Å². The quantitative estimate of drug-likeness (QED) is 0.257. The summed E-state index contributed by atoms with van der Waals surface area (Å²) in [6, 6.07) is -0.463. The number of hydrogen-bond acceptors (Lipinski definition) is 6. The smallest absolute Gasteiger partial charge is 0.214 e. The predicted molar refractivity (Wildman–Crippen MR) is 75.8 cm³/mol. The van der Waals surface area contributed by atoms with Gasteiger partial charge in [0.15, 0.2) is 0 Å². The van der Waals surface area contributed by atoms with Crippen LogP contribution in [0.25, 0.3) is 0 Å². The first-order valence-corrected chi connectivity index (χ1v) is 9.75. The van der Waals surface area contributed by atoms with Crippen LogP contribution >= 0.6 is 0 Å². The molecule has 1 aliphatic heterocycles. The first-order valence-electron chi connectivity index (χ1n) is 6.38. The van der Waals surface area contributed by atoms with E-state index in [0.29, 0.717) is 6.42 Å². The van der Waals surface area contributed by atoms with Gasteiger partial charge < -0.3 is 10.9 Å². The van der Waals surface area contributed by atoms with Crippen LogP contribution < -0.4 is 10.5 Å². The van der Waals surface area contributed by atoms with Gasteiger partial charge in [-0.25, -0.2) is 21.6 Å². The van der Waals surface area contributed by atoms with E-state index in [2.05, 4.69) is 9.88 Å². The number of nitrogens with one attached hydrogen (secondary N) is 1. The van der Waals surface area contributed by atoms with Crippen molar-refractivity contribution in [3.05, 3.63) is 0 Å². The van der Waals surface area contributed by atoms with Gasteiger partial charge in [-0.15, -0.1) is 0 Å². The van der Waals surface area contributed by atoms with Crippen LogP contribution in [0.5, 0.6) is 0 Å². The Morgan fingerprint density at radius 1 is 1.45 bits per heavy atom. The van der Waals surface area contributed by atoms with Gasteiger partial charge in [0.05, 0.1) is 16.8 Å². The van der Waals surface area contributed by atoms with Gasteiger partial charge in [-0.2, -0.15) is 0 Å². The summed E-state index contributed by atoms with van der Waals surface area (Å²) in [6.45, 7) is 1.78. The van der Waals surface area contributed by atoms with Crippen molar-refractivity contribution in [3.63, 3.8) is 0 Å². The van der Waals surface area contributed by atoms with Crippen LogP contribution in [0.1, 0.15) is 32.6 Å². The maximum atomic E-state index is 12.2. The maximum absolute atomic E-state index is 12.2. The largest absolute Gasteiger partial charge is 0.409 e. The Kier molecular flexibility index (Phi) is 5.78. The molecule has 8 nitrogen and oxygen atoms in total. The summed E-state index contributed by atoms with van der Waals surface area (Å²) in [6.07, 6.45) is 0.813. The highest BCUT2D eigenvalue weighted by Gasteiger charge is 2.33. The lowest BCUT2D eigenvalue weighted by Crippen LogP contribution is -2.45. The van der Waals surface area contributed by atoms with Gasteiger partial charge in [0, 0.05) is 12.5 Å². The fourth-order valence-corrected chi connectivity index (χ4v) is 5.62. The molecule has 0 aliphatic carbocycles. The Balaban J connectivity index is 2.69. The highest BCUT2D eigenvalue weighted by atomic mass is 32.2. The van der Waals surface area contributed by atoms with Crippen molar-refractivity contribution in [1.82, 2.24) is 4.72 Å². The highest BCUT2D eigenvalue weighted by molar-refractivity contribution is 7.92. The molecular weight excluding hydrogens is 306 g/mol. The first kappa shape index (κ1) is 17.2. The molecular formula is C10H21N3O5S2. The Hall–Kier alpha value is -0.870. The van der Waals surface area contributed by atoms with Gasteiger partial charge >= 0.3 is 0 Å². The van der Waals surface area contributed by atoms with Gasteiger partial charge in [0.25, 0.3) is 0 Å². The van der Waals surface area contributed by atoms with Crippen LogP contribution in [0.3, 0.4) is 0 Å². The SMILES string of the molecule is CCC(CC(N)=NO)NS(=O)(=O)C1CCS(=O)(=O)CC1. The average molecular weight is 327 g/mol. The van der Waals surface area contributed by atoms with Gasteiger partial charge in [-0.3, -0.25) is 0 Å². The molecule has 0 spiro atoms. The molecule has 1 unspecified atom stereocenters. The molecule has 0 radical (unpaired) electrons. The van der Waals surface area contributed by atoms with Crippen LogP contribution in [0.2, 0.25) is 0 Å². The van der Waals surface area contributed by atoms with E-state index in [4.69, 9.17) is 10.9 Å². The summed E-state index contributed by atoms with van der Waals surface area (Å²) in [5, 5.41) is 10.6. The fraction of sp³-hybridized carbons (Fsp3) is 0.900. The fourth-order valence-electron chi connectivity index (χ4n) is 2.07. The van der Waals surface area contributed by atoms with E-state index in [1.165, 1.54) is 0 Å². The number of oxime groups is 1. The highest BCUT2D eigenvalue weighted by Crippen LogP contribution is 2.19. The molecule has 0 amide bonds. The van der Waals surface area contributed by atoms with Crippen molar-refractivity contribution < 1.29 is 22.0 Å². The molecule has 0 bridgehead atoms. The molecule has 10 heteroatoms. The van der Waals surface area contributed by atoms with Gasteiger partial charge in [0.2, 0.25) is 10.0 Å². The molecule has 0 aromatic heterocycles. The number of sulfone groups is 1. The Morgan fingerprint density at radius 3 is 2.45 bits per heavy atom. The van der Waals surface area contributed by atoms with Crippen LogP contribution in [-0.4, -0.2) is 50.7 Å². The second-order valence-corrected chi connectivity index (χ2v) is 9.21. The molecule has 0 aromatic rings. The zero-order valence-corrected chi connectivity index (χ0v) is 13.0. The molecule has 1 rings (SSSR count). The lowest BCUT2D eigenvalue weighted by molar-refractivity contribution is 0.316. The predicted octanol–water partition coefficient (Wildman–Crippen LogP) is -0.602. The first-order chi connectivity index (χ1) is 9.20. The summed E-state index contributed by atoms with van der Waals surface area (Å²) in [5.41, 5.74) is 5.37. The van der Waals surface area contributed by atoms with Crippen LogP contribution in [0.15, 0.2) is 5.16 Å². The van der Waals surface area contributed by atoms with Crippen LogP contribution in [0, 0.1) is 0 Å². The van der Waals surface area contributed by atoms with Crippen molar-refractivity contribution in [2.45, 2.75) is 43.9 Å². The minimum atomic E-state index is -3.61. The molecule has 20 heavy (non-hydrogen) atoms. The third kappa shape index (κ3) is 4.91. The molecule has 1 heterocycles. The lowest BCUT2D eigenvalue weighted by atomic mass is 10.1. The number of amidine groups is 1. The minimum Gasteiger partial charge on any atom is -0.409 e. The maximum Gasteiger partial charge on any atom is 0.214 e. The monoisotopic (exact) mass is 327 g/mol. The minimum absolute atomic E-state index is 0.0502. The van der Waals surface area contributed by atoms with Gasteiger partial charge in [-0.1, -0.05) is 12.1 Å². The number of hydrogen-bond donors (Lipinski definition) is 3. The normalized spacial score (nSPS) is 22.6. The van der Waals surface area contributed by atoms with E-state index in [9.17, 15) is 16.8 Å². The standard InChI is InChI=1S/C10H21N3O5S2/c1-2-8(7-10(11)12-14)13-20(17,18)9-3-5-19(15,16)6-4-9/h8-9,13-14H,2-7H2,1H3,(H2,11,12).